The number of nitrogens with zero attached hydrogens (tertiary/aromatic N) is 1. The lowest BCUT2D eigenvalue weighted by molar-refractivity contribution is 0.0974. The standard InChI is InChI=1S/C21H21Cl2NO3/c22-19-11-10-18(14-20(19)23)26-13-5-9-17-8-4-12-24(17)21(25)27-15-16-6-2-1-3-7-16/h1-3,5-7,9-11,14,17H,4,8,12-13,15H2. The SMILES string of the molecule is O=C(OCc1ccccc1)N1CCCC1C=CCOc1ccc(Cl)c(Cl)c1. The van der Waals surface area contributed by atoms with Crippen molar-refractivity contribution in [2.75, 3.05) is 13.2 Å². The zero-order valence-corrected chi connectivity index (χ0v) is 16.3. The van der Waals surface area contributed by atoms with Gasteiger partial charge in [-0.1, -0.05) is 59.6 Å². The van der Waals surface area contributed by atoms with E-state index in [1.165, 1.54) is 0 Å². The molecule has 6 heteroatoms. The van der Waals surface area contributed by atoms with Gasteiger partial charge in [0, 0.05) is 12.6 Å². The quantitative estimate of drug-likeness (QED) is 0.575. The van der Waals surface area contributed by atoms with Gasteiger partial charge in [0.1, 0.15) is 19.0 Å². The molecule has 3 rings (SSSR count). The first kappa shape index (κ1) is 19.6. The van der Waals surface area contributed by atoms with E-state index < -0.39 is 0 Å². The molecule has 1 unspecified atom stereocenters. The summed E-state index contributed by atoms with van der Waals surface area (Å²) in [5.74, 6) is 0.652. The molecule has 0 radical (unpaired) electrons. The van der Waals surface area contributed by atoms with Gasteiger partial charge < -0.3 is 14.4 Å². The predicted molar refractivity (Wildman–Crippen MR) is 107 cm³/mol. The maximum Gasteiger partial charge on any atom is 0.410 e. The van der Waals surface area contributed by atoms with Crippen LogP contribution in [0.1, 0.15) is 18.4 Å². The van der Waals surface area contributed by atoms with Crippen molar-refractivity contribution in [3.63, 3.8) is 0 Å². The zero-order valence-electron chi connectivity index (χ0n) is 14.8. The van der Waals surface area contributed by atoms with Gasteiger partial charge in [0.2, 0.25) is 0 Å². The first-order valence-corrected chi connectivity index (χ1v) is 9.61. The van der Waals surface area contributed by atoms with Gasteiger partial charge in [-0.15, -0.1) is 0 Å². The first-order valence-electron chi connectivity index (χ1n) is 8.85. The Morgan fingerprint density at radius 1 is 1.15 bits per heavy atom. The van der Waals surface area contributed by atoms with E-state index in [-0.39, 0.29) is 18.7 Å². The molecule has 0 bridgehead atoms. The van der Waals surface area contributed by atoms with Crippen molar-refractivity contribution in [3.8, 4) is 5.75 Å². The van der Waals surface area contributed by atoms with Crippen LogP contribution in [0.5, 0.6) is 5.75 Å². The third-order valence-corrected chi connectivity index (χ3v) is 5.07. The Morgan fingerprint density at radius 3 is 2.74 bits per heavy atom. The molecule has 1 heterocycles. The van der Waals surface area contributed by atoms with E-state index in [4.69, 9.17) is 32.7 Å². The molecule has 0 aliphatic carbocycles. The number of hydrogen-bond donors (Lipinski definition) is 0. The van der Waals surface area contributed by atoms with Crippen LogP contribution in [0.15, 0.2) is 60.7 Å². The van der Waals surface area contributed by atoms with Crippen LogP contribution in [0.3, 0.4) is 0 Å². The Balaban J connectivity index is 1.47. The molecule has 0 aromatic heterocycles. The van der Waals surface area contributed by atoms with Crippen molar-refractivity contribution in [1.82, 2.24) is 4.90 Å². The molecule has 1 amide bonds. The Kier molecular flexibility index (Phi) is 7.02. The van der Waals surface area contributed by atoms with Crippen molar-refractivity contribution in [2.45, 2.75) is 25.5 Å². The average molecular weight is 406 g/mol. The second-order valence-electron chi connectivity index (χ2n) is 6.26. The summed E-state index contributed by atoms with van der Waals surface area (Å²) in [6.45, 7) is 1.38. The smallest absolute Gasteiger partial charge is 0.410 e. The Bertz CT molecular complexity index is 795. The maximum atomic E-state index is 12.4. The minimum atomic E-state index is -0.281. The van der Waals surface area contributed by atoms with E-state index in [0.717, 1.165) is 18.4 Å². The van der Waals surface area contributed by atoms with E-state index >= 15 is 0 Å². The molecule has 4 nitrogen and oxygen atoms in total. The highest BCUT2D eigenvalue weighted by Gasteiger charge is 2.27. The topological polar surface area (TPSA) is 38.8 Å². The van der Waals surface area contributed by atoms with E-state index in [0.29, 0.717) is 28.9 Å². The number of carbonyl (C=O) groups is 1. The monoisotopic (exact) mass is 405 g/mol. The average Bonchev–Trinajstić information content (AvgIpc) is 3.15. The number of rotatable bonds is 6. The fourth-order valence-corrected chi connectivity index (χ4v) is 3.23. The number of likely N-dealkylation sites (tertiary alicyclic amines) is 1. The van der Waals surface area contributed by atoms with Gasteiger partial charge in [-0.25, -0.2) is 4.79 Å². The van der Waals surface area contributed by atoms with Crippen LogP contribution < -0.4 is 4.74 Å². The van der Waals surface area contributed by atoms with Crippen LogP contribution in [0.25, 0.3) is 0 Å². The molecular weight excluding hydrogens is 385 g/mol. The normalized spacial score (nSPS) is 16.7. The number of benzene rings is 2. The Labute approximate surface area is 169 Å². The third-order valence-electron chi connectivity index (χ3n) is 4.33. The molecule has 1 aliphatic rings. The van der Waals surface area contributed by atoms with Gasteiger partial charge >= 0.3 is 6.09 Å². The minimum Gasteiger partial charge on any atom is -0.489 e. The summed E-state index contributed by atoms with van der Waals surface area (Å²) in [5.41, 5.74) is 0.979. The highest BCUT2D eigenvalue weighted by molar-refractivity contribution is 6.42. The van der Waals surface area contributed by atoms with E-state index in [9.17, 15) is 4.79 Å². The summed E-state index contributed by atoms with van der Waals surface area (Å²) in [4.78, 5) is 14.1. The van der Waals surface area contributed by atoms with Gasteiger partial charge in [0.05, 0.1) is 16.1 Å². The summed E-state index contributed by atoms with van der Waals surface area (Å²) in [5, 5.41) is 0.955. The summed E-state index contributed by atoms with van der Waals surface area (Å²) in [6.07, 6.45) is 5.51. The molecule has 0 saturated carbocycles. The van der Waals surface area contributed by atoms with Crippen LogP contribution >= 0.6 is 23.2 Å². The van der Waals surface area contributed by atoms with Gasteiger partial charge in [0.25, 0.3) is 0 Å². The summed E-state index contributed by atoms with van der Waals surface area (Å²) < 4.78 is 11.1. The Hall–Kier alpha value is -2.17. The van der Waals surface area contributed by atoms with Gasteiger partial charge in [-0.3, -0.25) is 0 Å². The van der Waals surface area contributed by atoms with Crippen molar-refractivity contribution in [2.24, 2.45) is 0 Å². The van der Waals surface area contributed by atoms with Crippen LogP contribution in [0.4, 0.5) is 4.79 Å². The summed E-state index contributed by atoms with van der Waals surface area (Å²) >= 11 is 11.9. The molecule has 0 spiro atoms. The van der Waals surface area contributed by atoms with Crippen LogP contribution in [0.2, 0.25) is 10.0 Å². The number of amides is 1. The van der Waals surface area contributed by atoms with Crippen molar-refractivity contribution in [3.05, 3.63) is 76.3 Å². The molecule has 1 fully saturated rings. The highest BCUT2D eigenvalue weighted by atomic mass is 35.5. The molecule has 2 aromatic carbocycles. The van der Waals surface area contributed by atoms with Crippen molar-refractivity contribution < 1.29 is 14.3 Å². The second-order valence-corrected chi connectivity index (χ2v) is 7.07. The maximum absolute atomic E-state index is 12.4. The molecule has 1 saturated heterocycles. The number of ether oxygens (including phenoxy) is 2. The van der Waals surface area contributed by atoms with Crippen molar-refractivity contribution in [1.29, 1.82) is 0 Å². The fraction of sp³-hybridized carbons (Fsp3) is 0.286. The van der Waals surface area contributed by atoms with Crippen LogP contribution in [-0.4, -0.2) is 30.2 Å². The van der Waals surface area contributed by atoms with E-state index in [2.05, 4.69) is 0 Å². The van der Waals surface area contributed by atoms with Gasteiger partial charge in [0.15, 0.2) is 0 Å². The lowest BCUT2D eigenvalue weighted by Crippen LogP contribution is -2.34. The van der Waals surface area contributed by atoms with Crippen LogP contribution in [-0.2, 0) is 11.3 Å². The fourth-order valence-electron chi connectivity index (χ4n) is 2.95. The second kappa shape index (κ2) is 9.67. The predicted octanol–water partition coefficient (Wildman–Crippen LogP) is 5.73. The largest absolute Gasteiger partial charge is 0.489 e. The lowest BCUT2D eigenvalue weighted by Gasteiger charge is -2.21. The van der Waals surface area contributed by atoms with Gasteiger partial charge in [-0.05, 0) is 36.6 Å². The molecular formula is C21H21Cl2NO3. The Morgan fingerprint density at radius 2 is 1.96 bits per heavy atom. The number of halogens is 2. The molecule has 27 heavy (non-hydrogen) atoms. The third kappa shape index (κ3) is 5.65. The highest BCUT2D eigenvalue weighted by Crippen LogP contribution is 2.26. The van der Waals surface area contributed by atoms with Crippen LogP contribution in [0, 0.1) is 0 Å². The molecule has 1 aliphatic heterocycles. The summed E-state index contributed by atoms with van der Waals surface area (Å²) in [7, 11) is 0. The molecule has 1 atom stereocenters. The molecule has 0 N–H and O–H groups in total. The number of hydrogen-bond acceptors (Lipinski definition) is 3. The van der Waals surface area contributed by atoms with E-state index in [1.807, 2.05) is 42.5 Å². The number of carbonyl (C=O) groups excluding carboxylic acids is 1. The van der Waals surface area contributed by atoms with E-state index in [1.54, 1.807) is 23.1 Å². The molecule has 2 aromatic rings. The summed E-state index contributed by atoms with van der Waals surface area (Å²) in [6, 6.07) is 14.9. The lowest BCUT2D eigenvalue weighted by atomic mass is 10.2. The van der Waals surface area contributed by atoms with Gasteiger partial charge in [-0.2, -0.15) is 0 Å². The minimum absolute atomic E-state index is 0.0330. The van der Waals surface area contributed by atoms with Crippen molar-refractivity contribution >= 4 is 29.3 Å². The zero-order chi connectivity index (χ0) is 19.1. The molecule has 142 valence electrons. The first-order chi connectivity index (χ1) is 13.1.